The Morgan fingerprint density at radius 2 is 1.84 bits per heavy atom. The van der Waals surface area contributed by atoms with Crippen LogP contribution < -0.4 is 15.4 Å². The maximum Gasteiger partial charge on any atom is 0.436 e. The molecule has 0 atom stereocenters. The molecule has 0 spiro atoms. The molecule has 15 heteroatoms. The molecule has 0 aliphatic carbocycles. The average molecular weight is 535 g/mol. The van der Waals surface area contributed by atoms with Gasteiger partial charge < -0.3 is 20.5 Å². The molecule has 3 heterocycles. The Hall–Kier alpha value is -4.74. The van der Waals surface area contributed by atoms with Crippen LogP contribution in [0.1, 0.15) is 50.4 Å². The van der Waals surface area contributed by atoms with Crippen LogP contribution in [0.5, 0.6) is 5.75 Å². The second-order valence-electron chi connectivity index (χ2n) is 7.96. The van der Waals surface area contributed by atoms with Crippen molar-refractivity contribution in [2.75, 3.05) is 25.1 Å². The minimum atomic E-state index is -4.82. The lowest BCUT2D eigenvalue weighted by molar-refractivity contribution is -0.142. The van der Waals surface area contributed by atoms with Crippen molar-refractivity contribution in [3.63, 3.8) is 0 Å². The summed E-state index contributed by atoms with van der Waals surface area (Å²) in [5.74, 6) is -3.09. The Bertz CT molecular complexity index is 1360. The van der Waals surface area contributed by atoms with E-state index in [1.807, 2.05) is 4.90 Å². The highest BCUT2D eigenvalue weighted by atomic mass is 19.4. The van der Waals surface area contributed by atoms with Gasteiger partial charge in [0.25, 0.3) is 5.91 Å². The van der Waals surface area contributed by atoms with E-state index in [0.29, 0.717) is 11.5 Å². The summed E-state index contributed by atoms with van der Waals surface area (Å²) in [5.41, 5.74) is 2.63. The number of carboxylic acid groups (broad SMARTS) is 1. The van der Waals surface area contributed by atoms with E-state index in [1.54, 1.807) is 6.07 Å². The van der Waals surface area contributed by atoms with Crippen LogP contribution >= 0.6 is 0 Å². The molecule has 3 N–H and O–H groups in total. The zero-order valence-corrected chi connectivity index (χ0v) is 19.9. The van der Waals surface area contributed by atoms with Gasteiger partial charge >= 0.3 is 12.1 Å². The largest absolute Gasteiger partial charge is 0.494 e. The second-order valence-corrected chi connectivity index (χ2v) is 7.96. The first-order valence-electron chi connectivity index (χ1n) is 11.0. The third kappa shape index (κ3) is 6.33. The normalized spacial score (nSPS) is 12.9. The Balaban J connectivity index is 0.000000244. The van der Waals surface area contributed by atoms with Crippen molar-refractivity contribution in [3.05, 3.63) is 64.5 Å². The minimum Gasteiger partial charge on any atom is -0.494 e. The first-order valence-corrected chi connectivity index (χ1v) is 11.0. The summed E-state index contributed by atoms with van der Waals surface area (Å²) in [6.45, 7) is 1.72. The van der Waals surface area contributed by atoms with Gasteiger partial charge in [0.15, 0.2) is 17.3 Å². The highest BCUT2D eigenvalue weighted by Crippen LogP contribution is 2.31. The lowest BCUT2D eigenvalue weighted by Gasteiger charge is -2.14. The van der Waals surface area contributed by atoms with Gasteiger partial charge in [-0.2, -0.15) is 23.5 Å². The van der Waals surface area contributed by atoms with E-state index in [9.17, 15) is 27.2 Å². The fourth-order valence-corrected chi connectivity index (χ4v) is 3.61. The Kier molecular flexibility index (Phi) is 8.46. The summed E-state index contributed by atoms with van der Waals surface area (Å²) < 4.78 is 57.4. The predicted molar refractivity (Wildman–Crippen MR) is 123 cm³/mol. The molecular formula is C23H21F4N7O4. The summed E-state index contributed by atoms with van der Waals surface area (Å²) in [4.78, 5) is 32.2. The van der Waals surface area contributed by atoms with Gasteiger partial charge in [-0.25, -0.2) is 19.2 Å². The highest BCUT2D eigenvalue weighted by molar-refractivity contribution is 5.96. The highest BCUT2D eigenvalue weighted by Gasteiger charge is 2.39. The van der Waals surface area contributed by atoms with Gasteiger partial charge in [0, 0.05) is 37.2 Å². The van der Waals surface area contributed by atoms with E-state index < -0.39 is 40.7 Å². The average Bonchev–Trinajstić information content (AvgIpc) is 3.55. The van der Waals surface area contributed by atoms with Crippen molar-refractivity contribution < 1.29 is 37.0 Å². The smallest absolute Gasteiger partial charge is 0.436 e. The van der Waals surface area contributed by atoms with E-state index in [4.69, 9.17) is 16.1 Å². The van der Waals surface area contributed by atoms with Crippen LogP contribution in [0.15, 0.2) is 30.7 Å². The molecule has 200 valence electrons. The number of methoxy groups -OCH3 is 1. The van der Waals surface area contributed by atoms with Crippen LogP contribution in [0, 0.1) is 17.1 Å². The second kappa shape index (κ2) is 11.5. The van der Waals surface area contributed by atoms with Gasteiger partial charge in [-0.05, 0) is 25.0 Å². The van der Waals surface area contributed by atoms with Gasteiger partial charge in [-0.3, -0.25) is 9.48 Å². The Morgan fingerprint density at radius 1 is 1.21 bits per heavy atom. The van der Waals surface area contributed by atoms with Gasteiger partial charge in [-0.1, -0.05) is 0 Å². The molecule has 1 aliphatic rings. The molecular weight excluding hydrogens is 514 g/mol. The Labute approximate surface area is 213 Å². The summed E-state index contributed by atoms with van der Waals surface area (Å²) in [6, 6.07) is 4.22. The van der Waals surface area contributed by atoms with Crippen LogP contribution in [-0.4, -0.2) is 56.9 Å². The standard InChI is InChI=1S/C14H14F3N5O2.C9H7FN2O2/c15-14(16,17)11-10(12(23)24)8-22(20-11)7-9-5-18-13(19-6-9)21-3-1-2-4-21;1-14-6-3-2-5(4-11)7(8(6)10)9(12)13/h5-6,8H,1-4,7H2,(H,23,24);2-3H,1H3,(H2,12,13). The molecule has 0 unspecified atom stereocenters. The number of halogens is 4. The van der Waals surface area contributed by atoms with Gasteiger partial charge in [-0.15, -0.1) is 0 Å². The van der Waals surface area contributed by atoms with E-state index >= 15 is 0 Å². The first-order chi connectivity index (χ1) is 18.0. The summed E-state index contributed by atoms with van der Waals surface area (Å²) >= 11 is 0. The fraction of sp³-hybridized carbons (Fsp3) is 0.304. The van der Waals surface area contributed by atoms with Crippen molar-refractivity contribution in [1.29, 1.82) is 5.26 Å². The predicted octanol–water partition coefficient (Wildman–Crippen LogP) is 2.84. The number of aromatic nitrogens is 4. The molecule has 1 fully saturated rings. The number of alkyl halides is 3. The molecule has 0 radical (unpaired) electrons. The van der Waals surface area contributed by atoms with Crippen molar-refractivity contribution in [2.24, 2.45) is 5.73 Å². The number of rotatable bonds is 6. The molecule has 1 aromatic carbocycles. The number of aromatic carboxylic acids is 1. The number of ether oxygens (including phenoxy) is 1. The number of carbonyl (C=O) groups excluding carboxylic acids is 1. The quantitative estimate of drug-likeness (QED) is 0.452. The topological polar surface area (TPSA) is 160 Å². The lowest BCUT2D eigenvalue weighted by atomic mass is 10.1. The monoisotopic (exact) mass is 535 g/mol. The maximum absolute atomic E-state index is 13.4. The SMILES string of the molecule is COc1ccc(C#N)c(C(N)=O)c1F.O=C(O)c1cn(Cc2cnc(N3CCCC3)nc2)nc1C(F)(F)F. The number of benzene rings is 1. The lowest BCUT2D eigenvalue weighted by Crippen LogP contribution is -2.20. The maximum atomic E-state index is 13.4. The summed E-state index contributed by atoms with van der Waals surface area (Å²) in [5, 5.41) is 20.8. The molecule has 1 amide bonds. The Morgan fingerprint density at radius 3 is 2.32 bits per heavy atom. The van der Waals surface area contributed by atoms with Crippen LogP contribution in [0.25, 0.3) is 0 Å². The molecule has 3 aromatic rings. The number of carboxylic acids is 1. The third-order valence-electron chi connectivity index (χ3n) is 5.38. The van der Waals surface area contributed by atoms with Gasteiger partial charge in [0.05, 0.1) is 24.8 Å². The number of hydrogen-bond donors (Lipinski definition) is 2. The van der Waals surface area contributed by atoms with Crippen molar-refractivity contribution in [1.82, 2.24) is 19.7 Å². The van der Waals surface area contributed by atoms with Gasteiger partial charge in [0.1, 0.15) is 11.6 Å². The number of primary amides is 1. The third-order valence-corrected chi connectivity index (χ3v) is 5.38. The fourth-order valence-electron chi connectivity index (χ4n) is 3.61. The van der Waals surface area contributed by atoms with Crippen LogP contribution in [-0.2, 0) is 12.7 Å². The molecule has 1 aliphatic heterocycles. The molecule has 38 heavy (non-hydrogen) atoms. The molecule has 0 saturated carbocycles. The zero-order valence-electron chi connectivity index (χ0n) is 19.9. The number of hydrogen-bond acceptors (Lipinski definition) is 8. The first kappa shape index (κ1) is 27.8. The van der Waals surface area contributed by atoms with E-state index in [-0.39, 0.29) is 17.9 Å². The molecule has 11 nitrogen and oxygen atoms in total. The minimum absolute atomic E-state index is 0.0450. The van der Waals surface area contributed by atoms with E-state index in [0.717, 1.165) is 36.8 Å². The number of nitriles is 1. The number of nitrogens with zero attached hydrogens (tertiary/aromatic N) is 6. The van der Waals surface area contributed by atoms with Gasteiger partial charge in [0.2, 0.25) is 5.95 Å². The molecule has 0 bridgehead atoms. The van der Waals surface area contributed by atoms with Crippen molar-refractivity contribution >= 4 is 17.8 Å². The molecule has 4 rings (SSSR count). The number of amides is 1. The number of carbonyl (C=O) groups is 2. The van der Waals surface area contributed by atoms with Crippen molar-refractivity contribution in [3.8, 4) is 11.8 Å². The number of nitrogens with two attached hydrogens (primary N) is 1. The molecule has 1 saturated heterocycles. The molecule has 2 aromatic heterocycles. The summed E-state index contributed by atoms with van der Waals surface area (Å²) in [6.07, 6.45) is 1.22. The van der Waals surface area contributed by atoms with Crippen LogP contribution in [0.2, 0.25) is 0 Å². The van der Waals surface area contributed by atoms with Crippen LogP contribution in [0.4, 0.5) is 23.5 Å². The zero-order chi connectivity index (χ0) is 28.0. The summed E-state index contributed by atoms with van der Waals surface area (Å²) in [7, 11) is 1.26. The van der Waals surface area contributed by atoms with E-state index in [2.05, 4.69) is 19.8 Å². The van der Waals surface area contributed by atoms with Crippen molar-refractivity contribution in [2.45, 2.75) is 25.6 Å². The van der Waals surface area contributed by atoms with Crippen LogP contribution in [0.3, 0.4) is 0 Å². The number of anilines is 1. The van der Waals surface area contributed by atoms with E-state index in [1.165, 1.54) is 31.6 Å².